The molecule has 6 heteroatoms. The Labute approximate surface area is 412 Å². The number of rotatable bonds is 7. The van der Waals surface area contributed by atoms with E-state index in [9.17, 15) is 5.11 Å². The summed E-state index contributed by atoms with van der Waals surface area (Å²) < 4.78 is 4.58. The molecule has 3 heterocycles. The number of fused-ring (bicyclic) bond motifs is 4. The average molecular weight is 1060 g/mol. The number of hydrogen-bond acceptors (Lipinski definition) is 3. The summed E-state index contributed by atoms with van der Waals surface area (Å²) >= 11 is 0. The minimum atomic E-state index is -0.336. The van der Waals surface area contributed by atoms with Crippen molar-refractivity contribution in [2.24, 2.45) is 0 Å². The molecule has 0 saturated heterocycles. The second-order valence-electron chi connectivity index (χ2n) is 19.6. The third kappa shape index (κ3) is 7.75. The van der Waals surface area contributed by atoms with Crippen LogP contribution in [0.3, 0.4) is 0 Å². The number of para-hydroxylation sites is 4. The maximum absolute atomic E-state index is 12.5. The first kappa shape index (κ1) is 44.5. The number of nitrogens with zero attached hydrogens (tertiary/aromatic N) is 4. The molecule has 0 atom stereocenters. The molecule has 0 aliphatic heterocycles. The predicted octanol–water partition coefficient (Wildman–Crippen LogP) is 16.0. The third-order valence-electron chi connectivity index (χ3n) is 13.1. The van der Waals surface area contributed by atoms with Gasteiger partial charge in [-0.1, -0.05) is 192 Å². The molecule has 0 unspecified atom stereocenters. The minimum absolute atomic E-state index is 0. The molecule has 11 rings (SSSR count). The molecule has 0 fully saturated rings. The van der Waals surface area contributed by atoms with E-state index in [1.165, 1.54) is 0 Å². The molecular formula is C62H51N4OPt-. The Balaban J connectivity index is 0.00000539. The normalized spacial score (nSPS) is 11.9. The van der Waals surface area contributed by atoms with E-state index in [0.717, 1.165) is 100.0 Å². The van der Waals surface area contributed by atoms with Gasteiger partial charge in [-0.05, 0) is 70.0 Å². The first-order valence-electron chi connectivity index (χ1n) is 23.1. The van der Waals surface area contributed by atoms with Gasteiger partial charge < -0.3 is 9.67 Å². The van der Waals surface area contributed by atoms with Crippen LogP contribution in [-0.4, -0.2) is 24.2 Å². The molecule has 8 aromatic carbocycles. The fraction of sp³-hybridized carbons (Fsp3) is 0.129. The van der Waals surface area contributed by atoms with Crippen molar-refractivity contribution >= 4 is 32.8 Å². The molecule has 5 nitrogen and oxygen atoms in total. The van der Waals surface area contributed by atoms with Gasteiger partial charge in [-0.2, -0.15) is 0 Å². The van der Waals surface area contributed by atoms with Crippen molar-refractivity contribution < 1.29 is 26.2 Å². The number of phenolic OH excluding ortho intramolecular Hbond substituents is 1. The van der Waals surface area contributed by atoms with E-state index in [0.29, 0.717) is 11.4 Å². The largest absolute Gasteiger partial charge is 0.507 e. The summed E-state index contributed by atoms with van der Waals surface area (Å²) in [6, 6.07) is 69.9. The van der Waals surface area contributed by atoms with Gasteiger partial charge in [0.15, 0.2) is 0 Å². The Bertz CT molecular complexity index is 3650. The van der Waals surface area contributed by atoms with Crippen LogP contribution in [0, 0.1) is 6.07 Å². The van der Waals surface area contributed by atoms with Crippen molar-refractivity contribution in [2.75, 3.05) is 0 Å². The topological polar surface area (TPSA) is 55.9 Å². The van der Waals surface area contributed by atoms with Crippen LogP contribution in [0.25, 0.3) is 100 Å². The zero-order valence-electron chi connectivity index (χ0n) is 39.0. The first-order valence-corrected chi connectivity index (χ1v) is 23.1. The van der Waals surface area contributed by atoms with Crippen molar-refractivity contribution in [1.29, 1.82) is 0 Å². The van der Waals surface area contributed by atoms with Gasteiger partial charge in [-0.3, -0.25) is 9.55 Å². The van der Waals surface area contributed by atoms with Crippen LogP contribution in [-0.2, 0) is 31.9 Å². The van der Waals surface area contributed by atoms with E-state index in [1.54, 1.807) is 0 Å². The standard InChI is InChI=1S/C62H51N4O.Pt/c1-61(2,3)45-38-50(59(67)51(39-45)62(4,5)6)60-64-58-48(29-20-32-55(58)66(60)52-30-18-16-27-47(52)41-23-12-8-13-24-41)43-35-42(40-21-10-7-11-22-40)36-44(37-43)57-56-49-28-17-19-31-53(49)65(54(56)33-34-63-57)46-25-14-9-15-26-46;/h7-36,38-39,67H,1-6H3;/q-1;. The molecular weight excluding hydrogens is 1010 g/mol. The summed E-state index contributed by atoms with van der Waals surface area (Å²) in [6.07, 6.45) is 1.92. The summed E-state index contributed by atoms with van der Waals surface area (Å²) in [5, 5.41) is 14.7. The van der Waals surface area contributed by atoms with Gasteiger partial charge in [0.1, 0.15) is 11.6 Å². The number of aromatic nitrogens is 4. The molecule has 68 heavy (non-hydrogen) atoms. The van der Waals surface area contributed by atoms with Crippen LogP contribution in [0.2, 0.25) is 0 Å². The van der Waals surface area contributed by atoms with Gasteiger partial charge >= 0.3 is 0 Å². The Morgan fingerprint density at radius 3 is 1.84 bits per heavy atom. The SMILES string of the molecule is CC(C)(C)c1cc(-c2nc3c(-c4[c-]c(-c5nccc6c5c5ccccc5n6-c5ccccc5)cc(-c5ccccc5)c4)cccc3n2-c2ccccc2-c2ccccc2)c(O)c(C(C)(C)C)c1.[Pt]. The van der Waals surface area contributed by atoms with Crippen LogP contribution in [0.5, 0.6) is 5.75 Å². The smallest absolute Gasteiger partial charge is 0.148 e. The summed E-state index contributed by atoms with van der Waals surface area (Å²) in [4.78, 5) is 10.8. The van der Waals surface area contributed by atoms with Gasteiger partial charge in [0, 0.05) is 60.5 Å². The van der Waals surface area contributed by atoms with Crippen molar-refractivity contribution in [3.05, 3.63) is 211 Å². The molecule has 336 valence electrons. The van der Waals surface area contributed by atoms with E-state index < -0.39 is 0 Å². The number of pyridine rings is 1. The molecule has 0 saturated carbocycles. The predicted molar refractivity (Wildman–Crippen MR) is 278 cm³/mol. The van der Waals surface area contributed by atoms with E-state index in [2.05, 4.69) is 239 Å². The van der Waals surface area contributed by atoms with Crippen LogP contribution in [0.4, 0.5) is 0 Å². The molecule has 0 bridgehead atoms. The molecule has 1 N–H and O–H groups in total. The molecule has 0 aliphatic carbocycles. The summed E-state index contributed by atoms with van der Waals surface area (Å²) in [5.74, 6) is 0.907. The van der Waals surface area contributed by atoms with Crippen LogP contribution in [0.1, 0.15) is 52.7 Å². The minimum Gasteiger partial charge on any atom is -0.507 e. The van der Waals surface area contributed by atoms with Crippen molar-refractivity contribution in [3.63, 3.8) is 0 Å². The molecule has 0 aliphatic rings. The first-order chi connectivity index (χ1) is 32.4. The molecule has 0 spiro atoms. The Morgan fingerprint density at radius 1 is 0.500 bits per heavy atom. The number of phenols is 1. The molecule has 11 aromatic rings. The maximum Gasteiger partial charge on any atom is 0.148 e. The Hall–Kier alpha value is -7.33. The van der Waals surface area contributed by atoms with E-state index >= 15 is 0 Å². The Kier molecular flexibility index (Phi) is 11.4. The van der Waals surface area contributed by atoms with E-state index in [1.807, 2.05) is 12.3 Å². The number of benzene rings is 8. The van der Waals surface area contributed by atoms with Gasteiger partial charge in [0.05, 0.1) is 33.3 Å². The van der Waals surface area contributed by atoms with Gasteiger partial charge in [0.25, 0.3) is 0 Å². The number of aromatic hydroxyl groups is 1. The molecule has 0 radical (unpaired) electrons. The van der Waals surface area contributed by atoms with Crippen molar-refractivity contribution in [1.82, 2.24) is 19.1 Å². The Morgan fingerprint density at radius 2 is 1.12 bits per heavy atom. The van der Waals surface area contributed by atoms with Crippen molar-refractivity contribution in [2.45, 2.75) is 52.4 Å². The number of imidazole rings is 1. The molecule has 0 amide bonds. The van der Waals surface area contributed by atoms with Crippen LogP contribution in [0.15, 0.2) is 194 Å². The second kappa shape index (κ2) is 17.4. The van der Waals surface area contributed by atoms with E-state index in [-0.39, 0.29) is 37.6 Å². The van der Waals surface area contributed by atoms with E-state index in [4.69, 9.17) is 9.97 Å². The third-order valence-corrected chi connectivity index (χ3v) is 13.1. The summed E-state index contributed by atoms with van der Waals surface area (Å²) in [6.45, 7) is 13.2. The fourth-order valence-electron chi connectivity index (χ4n) is 9.69. The zero-order chi connectivity index (χ0) is 46.0. The van der Waals surface area contributed by atoms with Crippen molar-refractivity contribution in [3.8, 4) is 73.2 Å². The van der Waals surface area contributed by atoms with Gasteiger partial charge in [-0.15, -0.1) is 23.8 Å². The quantitative estimate of drug-likeness (QED) is 0.162. The van der Waals surface area contributed by atoms with Crippen LogP contribution >= 0.6 is 0 Å². The fourth-order valence-corrected chi connectivity index (χ4v) is 9.69. The van der Waals surface area contributed by atoms with Gasteiger partial charge in [-0.25, -0.2) is 4.98 Å². The maximum atomic E-state index is 12.5. The monoisotopic (exact) mass is 1060 g/mol. The average Bonchev–Trinajstić information content (AvgIpc) is 3.90. The summed E-state index contributed by atoms with van der Waals surface area (Å²) in [7, 11) is 0. The summed E-state index contributed by atoms with van der Waals surface area (Å²) in [5.41, 5.74) is 16.0. The molecule has 3 aromatic heterocycles. The second-order valence-corrected chi connectivity index (χ2v) is 19.6. The number of hydrogen-bond donors (Lipinski definition) is 1. The van der Waals surface area contributed by atoms with Crippen LogP contribution < -0.4 is 0 Å². The van der Waals surface area contributed by atoms with Gasteiger partial charge in [0.2, 0.25) is 0 Å². The zero-order valence-corrected chi connectivity index (χ0v) is 41.3.